The van der Waals surface area contributed by atoms with Crippen molar-refractivity contribution in [2.24, 2.45) is 34.3 Å². The van der Waals surface area contributed by atoms with Crippen LogP contribution in [0.2, 0.25) is 0 Å². The van der Waals surface area contributed by atoms with E-state index in [0.717, 1.165) is 19.3 Å². The van der Waals surface area contributed by atoms with Gasteiger partial charge in [-0.15, -0.1) is 0 Å². The molecule has 0 aromatic rings. The number of hydrogen-bond donors (Lipinski definition) is 3. The minimum atomic E-state index is -1.10. The van der Waals surface area contributed by atoms with Crippen LogP contribution in [0.25, 0.3) is 0 Å². The van der Waals surface area contributed by atoms with Crippen LogP contribution >= 0.6 is 0 Å². The van der Waals surface area contributed by atoms with Gasteiger partial charge in [0.25, 0.3) is 0 Å². The predicted octanol–water partition coefficient (Wildman–Crippen LogP) is 3.85. The van der Waals surface area contributed by atoms with Gasteiger partial charge in [0.1, 0.15) is 6.10 Å². The molecule has 0 aromatic carbocycles. The van der Waals surface area contributed by atoms with Gasteiger partial charge in [-0.2, -0.15) is 0 Å². The van der Waals surface area contributed by atoms with Crippen LogP contribution in [0.4, 0.5) is 4.79 Å². The topological polar surface area (TPSA) is 92.8 Å². The number of primary amides is 1. The number of hydrogen-bond acceptors (Lipinski definition) is 4. The summed E-state index contributed by atoms with van der Waals surface area (Å²) in [6.07, 6.45) is 3.00. The van der Waals surface area contributed by atoms with E-state index in [2.05, 4.69) is 34.6 Å². The molecule has 7 atom stereocenters. The first-order chi connectivity index (χ1) is 11.9. The predicted molar refractivity (Wildman–Crippen MR) is 102 cm³/mol. The number of rotatable bonds is 5. The van der Waals surface area contributed by atoms with Crippen LogP contribution < -0.4 is 5.73 Å². The standard InChI is InChI=1S/C21H39NO4/c1-7-13(2)8-11-21(25)14(3)15(26-18(22)24)12-16-19(4,5)10-9-17(23)20(16,21)6/h13-17,23,25H,7-12H2,1-6H3,(H2,22,24)/t13-,14+,15-,16+,17+,20-,21-/m1/s1. The van der Waals surface area contributed by atoms with Crippen LogP contribution in [0.1, 0.15) is 80.1 Å². The van der Waals surface area contributed by atoms with Crippen molar-refractivity contribution in [3.05, 3.63) is 0 Å². The van der Waals surface area contributed by atoms with E-state index in [-0.39, 0.29) is 17.3 Å². The lowest BCUT2D eigenvalue weighted by molar-refractivity contribution is -0.273. The van der Waals surface area contributed by atoms with Crippen LogP contribution in [0.5, 0.6) is 0 Å². The second-order valence-electron chi connectivity index (χ2n) is 9.85. The van der Waals surface area contributed by atoms with Gasteiger partial charge >= 0.3 is 6.09 Å². The molecule has 0 aromatic heterocycles. The molecular formula is C21H39NO4. The van der Waals surface area contributed by atoms with Gasteiger partial charge in [-0.05, 0) is 49.4 Å². The highest BCUT2D eigenvalue weighted by molar-refractivity contribution is 5.64. The lowest BCUT2D eigenvalue weighted by atomic mass is 9.42. The van der Waals surface area contributed by atoms with Gasteiger partial charge < -0.3 is 20.7 Å². The van der Waals surface area contributed by atoms with Crippen molar-refractivity contribution in [2.75, 3.05) is 0 Å². The summed E-state index contributed by atoms with van der Waals surface area (Å²) in [7, 11) is 0. The smallest absolute Gasteiger partial charge is 0.404 e. The maximum Gasteiger partial charge on any atom is 0.404 e. The molecule has 0 spiro atoms. The first kappa shape index (κ1) is 21.5. The summed E-state index contributed by atoms with van der Waals surface area (Å²) in [5.74, 6) is 0.282. The van der Waals surface area contributed by atoms with Gasteiger partial charge in [-0.3, -0.25) is 0 Å². The molecule has 1 amide bonds. The summed E-state index contributed by atoms with van der Waals surface area (Å²) in [5.41, 5.74) is 3.55. The monoisotopic (exact) mass is 369 g/mol. The third-order valence-corrected chi connectivity index (χ3v) is 8.12. The van der Waals surface area contributed by atoms with E-state index in [1.165, 1.54) is 0 Å². The molecule has 2 saturated carbocycles. The number of fused-ring (bicyclic) bond motifs is 1. The Morgan fingerprint density at radius 2 is 1.96 bits per heavy atom. The fourth-order valence-corrected chi connectivity index (χ4v) is 5.88. The minimum Gasteiger partial charge on any atom is -0.446 e. The molecule has 2 fully saturated rings. The maximum absolute atomic E-state index is 12.0. The Morgan fingerprint density at radius 1 is 1.35 bits per heavy atom. The molecule has 152 valence electrons. The Morgan fingerprint density at radius 3 is 2.50 bits per heavy atom. The highest BCUT2D eigenvalue weighted by Crippen LogP contribution is 2.64. The van der Waals surface area contributed by atoms with Gasteiger partial charge in [0.15, 0.2) is 0 Å². The first-order valence-electron chi connectivity index (χ1n) is 10.3. The number of amides is 1. The van der Waals surface area contributed by atoms with E-state index in [1.54, 1.807) is 0 Å². The number of nitrogens with two attached hydrogens (primary N) is 1. The Hall–Kier alpha value is -0.810. The normalized spacial score (nSPS) is 43.4. The van der Waals surface area contributed by atoms with E-state index < -0.39 is 29.3 Å². The Labute approximate surface area is 158 Å². The molecule has 0 unspecified atom stereocenters. The van der Waals surface area contributed by atoms with Gasteiger partial charge in [0.05, 0.1) is 11.7 Å². The Bertz CT molecular complexity index is 522. The number of aliphatic hydroxyl groups excluding tert-OH is 1. The third kappa shape index (κ3) is 3.37. The fraction of sp³-hybridized carbons (Fsp3) is 0.952. The summed E-state index contributed by atoms with van der Waals surface area (Å²) in [4.78, 5) is 11.5. The van der Waals surface area contributed by atoms with Crippen molar-refractivity contribution in [1.29, 1.82) is 0 Å². The van der Waals surface area contributed by atoms with Crippen molar-refractivity contribution < 1.29 is 19.7 Å². The number of carbonyl (C=O) groups is 1. The highest BCUT2D eigenvalue weighted by Gasteiger charge is 2.67. The van der Waals surface area contributed by atoms with Crippen molar-refractivity contribution in [3.8, 4) is 0 Å². The lowest BCUT2D eigenvalue weighted by Gasteiger charge is -2.65. The fourth-order valence-electron chi connectivity index (χ4n) is 5.88. The molecule has 4 N–H and O–H groups in total. The van der Waals surface area contributed by atoms with Crippen LogP contribution in [-0.4, -0.2) is 34.1 Å². The average Bonchev–Trinajstić information content (AvgIpc) is 2.56. The molecule has 0 radical (unpaired) electrons. The molecule has 2 rings (SSSR count). The number of carbonyl (C=O) groups excluding carboxylic acids is 1. The summed E-state index contributed by atoms with van der Waals surface area (Å²) in [6, 6.07) is 0. The van der Waals surface area contributed by atoms with Crippen molar-refractivity contribution in [1.82, 2.24) is 0 Å². The molecule has 2 aliphatic carbocycles. The second-order valence-corrected chi connectivity index (χ2v) is 9.85. The molecule has 0 aliphatic heterocycles. The molecule has 2 aliphatic rings. The van der Waals surface area contributed by atoms with Crippen LogP contribution in [-0.2, 0) is 4.74 Å². The Balaban J connectivity index is 2.48. The van der Waals surface area contributed by atoms with E-state index in [0.29, 0.717) is 25.2 Å². The van der Waals surface area contributed by atoms with E-state index in [9.17, 15) is 15.0 Å². The lowest BCUT2D eigenvalue weighted by Crippen LogP contribution is -2.70. The summed E-state index contributed by atoms with van der Waals surface area (Å²) >= 11 is 0. The maximum atomic E-state index is 12.0. The average molecular weight is 370 g/mol. The van der Waals surface area contributed by atoms with Gasteiger partial charge in [0, 0.05) is 11.3 Å². The van der Waals surface area contributed by atoms with Gasteiger partial charge in [-0.1, -0.05) is 48.0 Å². The largest absolute Gasteiger partial charge is 0.446 e. The molecule has 26 heavy (non-hydrogen) atoms. The zero-order valence-corrected chi connectivity index (χ0v) is 17.4. The Kier molecular flexibility index (Phi) is 6.04. The highest BCUT2D eigenvalue weighted by atomic mass is 16.6. The zero-order valence-electron chi connectivity index (χ0n) is 17.4. The summed E-state index contributed by atoms with van der Waals surface area (Å²) in [6.45, 7) is 12.7. The molecule has 5 nitrogen and oxygen atoms in total. The van der Waals surface area contributed by atoms with Crippen LogP contribution in [0, 0.1) is 28.6 Å². The summed E-state index contributed by atoms with van der Waals surface area (Å²) in [5, 5.41) is 23.1. The van der Waals surface area contributed by atoms with Gasteiger partial charge in [-0.25, -0.2) is 4.79 Å². The number of ether oxygens (including phenoxy) is 1. The minimum absolute atomic E-state index is 0.0439. The first-order valence-corrected chi connectivity index (χ1v) is 10.3. The molecule has 0 heterocycles. The molecular weight excluding hydrogens is 330 g/mol. The van der Waals surface area contributed by atoms with E-state index >= 15 is 0 Å². The van der Waals surface area contributed by atoms with E-state index in [4.69, 9.17) is 10.5 Å². The van der Waals surface area contributed by atoms with Gasteiger partial charge in [0.2, 0.25) is 0 Å². The molecule has 5 heteroatoms. The third-order valence-electron chi connectivity index (χ3n) is 8.12. The van der Waals surface area contributed by atoms with Crippen molar-refractivity contribution in [2.45, 2.75) is 97.9 Å². The summed E-state index contributed by atoms with van der Waals surface area (Å²) < 4.78 is 5.45. The SMILES string of the molecule is CC[C@@H](C)CC[C@@]1(O)[C@@H](C)[C@H](OC(N)=O)C[C@H]2C(C)(C)CC[C@H](O)[C@@]21C. The second kappa shape index (κ2) is 7.31. The van der Waals surface area contributed by atoms with Crippen molar-refractivity contribution in [3.63, 3.8) is 0 Å². The van der Waals surface area contributed by atoms with E-state index in [1.807, 2.05) is 6.92 Å². The van der Waals surface area contributed by atoms with Crippen LogP contribution in [0.3, 0.4) is 0 Å². The van der Waals surface area contributed by atoms with Crippen molar-refractivity contribution >= 4 is 6.09 Å². The van der Waals surface area contributed by atoms with Crippen LogP contribution in [0.15, 0.2) is 0 Å². The zero-order chi connectivity index (χ0) is 19.9. The molecule has 0 bridgehead atoms. The quantitative estimate of drug-likeness (QED) is 0.686. The number of aliphatic hydroxyl groups is 2. The molecule has 0 saturated heterocycles.